The summed E-state index contributed by atoms with van der Waals surface area (Å²) >= 11 is 0. The van der Waals surface area contributed by atoms with Crippen LogP contribution in [0.2, 0.25) is 0 Å². The van der Waals surface area contributed by atoms with Gasteiger partial charge in [-0.25, -0.2) is 4.98 Å². The Morgan fingerprint density at radius 2 is 2.00 bits per heavy atom. The first-order chi connectivity index (χ1) is 15.4. The molecule has 3 heterocycles. The average molecular weight is 435 g/mol. The quantitative estimate of drug-likeness (QED) is 0.505. The van der Waals surface area contributed by atoms with Crippen molar-refractivity contribution >= 4 is 17.7 Å². The third-order valence-electron chi connectivity index (χ3n) is 5.75. The van der Waals surface area contributed by atoms with E-state index in [2.05, 4.69) is 25.7 Å². The second kappa shape index (κ2) is 8.66. The minimum atomic E-state index is -1.14. The Hall–Kier alpha value is -3.95. The van der Waals surface area contributed by atoms with Gasteiger partial charge in [0, 0.05) is 44.5 Å². The van der Waals surface area contributed by atoms with E-state index in [1.54, 1.807) is 26.5 Å². The van der Waals surface area contributed by atoms with Gasteiger partial charge in [-0.05, 0) is 12.5 Å². The molecule has 3 aromatic rings. The molecule has 32 heavy (non-hydrogen) atoms. The standard InChI is InChI=1S/C22H25N7O3/c1-22(21(32)25-11-15-6-4-3-5-7-15)13-29-18(20(31)28(22)2)10-17(27-29)19(30)24-9-8-16-12-23-14-26-16/h3-7,10,12,14H,8-9,11,13H2,1-2H3,(H,23,26)(H,24,30)(H,25,32)/t22-/m1/s1. The lowest BCUT2D eigenvalue weighted by molar-refractivity contribution is -0.132. The number of benzene rings is 1. The molecule has 1 aliphatic heterocycles. The molecule has 3 N–H and O–H groups in total. The number of carbonyl (C=O) groups is 3. The highest BCUT2D eigenvalue weighted by Gasteiger charge is 2.46. The number of nitrogens with zero attached hydrogens (tertiary/aromatic N) is 4. The van der Waals surface area contributed by atoms with Crippen LogP contribution in [0.3, 0.4) is 0 Å². The number of H-pyrrole nitrogens is 1. The zero-order valence-corrected chi connectivity index (χ0v) is 18.0. The molecule has 0 unspecified atom stereocenters. The van der Waals surface area contributed by atoms with Gasteiger partial charge in [0.15, 0.2) is 5.69 Å². The van der Waals surface area contributed by atoms with E-state index >= 15 is 0 Å². The highest BCUT2D eigenvalue weighted by molar-refractivity contribution is 6.01. The van der Waals surface area contributed by atoms with Crippen LogP contribution in [0.25, 0.3) is 0 Å². The molecule has 1 atom stereocenters. The predicted octanol–water partition coefficient (Wildman–Crippen LogP) is 0.739. The van der Waals surface area contributed by atoms with Crippen LogP contribution in [0.5, 0.6) is 0 Å². The van der Waals surface area contributed by atoms with Gasteiger partial charge in [0.1, 0.15) is 11.2 Å². The van der Waals surface area contributed by atoms with E-state index in [1.807, 2.05) is 30.3 Å². The summed E-state index contributed by atoms with van der Waals surface area (Å²) in [5, 5.41) is 9.99. The Kier molecular flexibility index (Phi) is 5.76. The summed E-state index contributed by atoms with van der Waals surface area (Å²) in [5.41, 5.74) is 1.14. The Labute approximate surface area is 185 Å². The summed E-state index contributed by atoms with van der Waals surface area (Å²) in [5.74, 6) is -1.03. The van der Waals surface area contributed by atoms with Crippen LogP contribution in [-0.4, -0.2) is 61.5 Å². The molecule has 1 aliphatic rings. The molecule has 4 rings (SSSR count). The van der Waals surface area contributed by atoms with Crippen LogP contribution in [0.4, 0.5) is 0 Å². The van der Waals surface area contributed by atoms with Gasteiger partial charge < -0.3 is 20.5 Å². The van der Waals surface area contributed by atoms with Crippen molar-refractivity contribution in [2.45, 2.75) is 32.0 Å². The number of aromatic nitrogens is 4. The summed E-state index contributed by atoms with van der Waals surface area (Å²) in [6.07, 6.45) is 3.87. The summed E-state index contributed by atoms with van der Waals surface area (Å²) < 4.78 is 1.44. The van der Waals surface area contributed by atoms with Gasteiger partial charge in [-0.2, -0.15) is 5.10 Å². The van der Waals surface area contributed by atoms with Crippen molar-refractivity contribution in [1.82, 2.24) is 35.3 Å². The minimum absolute atomic E-state index is 0.139. The molecular weight excluding hydrogens is 410 g/mol. The Morgan fingerprint density at radius 1 is 1.22 bits per heavy atom. The number of imidazole rings is 1. The van der Waals surface area contributed by atoms with Crippen LogP contribution in [0.1, 0.15) is 39.2 Å². The highest BCUT2D eigenvalue weighted by atomic mass is 16.2. The summed E-state index contributed by atoms with van der Waals surface area (Å²) in [4.78, 5) is 46.8. The first-order valence-corrected chi connectivity index (χ1v) is 10.3. The molecule has 0 radical (unpaired) electrons. The molecule has 10 heteroatoms. The number of hydrogen-bond donors (Lipinski definition) is 3. The third-order valence-corrected chi connectivity index (χ3v) is 5.75. The molecule has 2 aromatic heterocycles. The van der Waals surface area contributed by atoms with Crippen molar-refractivity contribution in [3.63, 3.8) is 0 Å². The lowest BCUT2D eigenvalue weighted by atomic mass is 9.96. The fourth-order valence-corrected chi connectivity index (χ4v) is 3.63. The molecule has 0 spiro atoms. The van der Waals surface area contributed by atoms with E-state index in [1.165, 1.54) is 15.6 Å². The molecule has 0 saturated heterocycles. The van der Waals surface area contributed by atoms with E-state index in [-0.39, 0.29) is 35.7 Å². The molecule has 0 saturated carbocycles. The van der Waals surface area contributed by atoms with Crippen molar-refractivity contribution in [3.05, 3.63) is 71.6 Å². The fourth-order valence-electron chi connectivity index (χ4n) is 3.63. The van der Waals surface area contributed by atoms with Crippen LogP contribution < -0.4 is 10.6 Å². The zero-order valence-electron chi connectivity index (χ0n) is 18.0. The molecule has 0 aliphatic carbocycles. The number of rotatable bonds is 7. The van der Waals surface area contributed by atoms with E-state index in [9.17, 15) is 14.4 Å². The summed E-state index contributed by atoms with van der Waals surface area (Å²) in [7, 11) is 1.59. The lowest BCUT2D eigenvalue weighted by Crippen LogP contribution is -2.62. The van der Waals surface area contributed by atoms with Crippen molar-refractivity contribution in [3.8, 4) is 0 Å². The maximum Gasteiger partial charge on any atom is 0.272 e. The zero-order chi connectivity index (χ0) is 22.7. The van der Waals surface area contributed by atoms with Gasteiger partial charge in [-0.1, -0.05) is 30.3 Å². The largest absolute Gasteiger partial charge is 0.350 e. The lowest BCUT2D eigenvalue weighted by Gasteiger charge is -2.40. The van der Waals surface area contributed by atoms with E-state index < -0.39 is 5.54 Å². The van der Waals surface area contributed by atoms with Gasteiger partial charge in [0.25, 0.3) is 11.8 Å². The molecule has 0 fully saturated rings. The summed E-state index contributed by atoms with van der Waals surface area (Å²) in [6, 6.07) is 11.0. The highest BCUT2D eigenvalue weighted by Crippen LogP contribution is 2.26. The molecule has 10 nitrogen and oxygen atoms in total. The Morgan fingerprint density at radius 3 is 2.72 bits per heavy atom. The smallest absolute Gasteiger partial charge is 0.272 e. The number of hydrogen-bond acceptors (Lipinski definition) is 5. The fraction of sp³-hybridized carbons (Fsp3) is 0.318. The monoisotopic (exact) mass is 435 g/mol. The predicted molar refractivity (Wildman–Crippen MR) is 116 cm³/mol. The Bertz CT molecular complexity index is 1120. The normalized spacial score (nSPS) is 17.7. The van der Waals surface area contributed by atoms with Gasteiger partial charge in [0.05, 0.1) is 12.9 Å². The van der Waals surface area contributed by atoms with Crippen molar-refractivity contribution < 1.29 is 14.4 Å². The average Bonchev–Trinajstić information content (AvgIpc) is 3.46. The van der Waals surface area contributed by atoms with Crippen molar-refractivity contribution in [2.24, 2.45) is 0 Å². The Balaban J connectivity index is 1.44. The van der Waals surface area contributed by atoms with Gasteiger partial charge in [0.2, 0.25) is 5.91 Å². The van der Waals surface area contributed by atoms with Crippen LogP contribution in [0.15, 0.2) is 48.9 Å². The first-order valence-electron chi connectivity index (χ1n) is 10.3. The van der Waals surface area contributed by atoms with E-state index in [0.717, 1.165) is 11.3 Å². The maximum absolute atomic E-state index is 13.0. The van der Waals surface area contributed by atoms with Crippen molar-refractivity contribution in [1.29, 1.82) is 0 Å². The number of amides is 3. The second-order valence-corrected chi connectivity index (χ2v) is 7.96. The van der Waals surface area contributed by atoms with Crippen molar-refractivity contribution in [2.75, 3.05) is 13.6 Å². The molecule has 166 valence electrons. The summed E-state index contributed by atoms with van der Waals surface area (Å²) in [6.45, 7) is 2.59. The number of fused-ring (bicyclic) bond motifs is 1. The number of aromatic amines is 1. The molecule has 0 bridgehead atoms. The third kappa shape index (κ3) is 4.11. The number of nitrogens with one attached hydrogen (secondary N) is 3. The van der Waals surface area contributed by atoms with Crippen LogP contribution in [-0.2, 0) is 24.3 Å². The minimum Gasteiger partial charge on any atom is -0.350 e. The SMILES string of the molecule is CN1C(=O)c2cc(C(=O)NCCc3cnc[nH]3)nn2C[C@]1(C)C(=O)NCc1ccccc1. The van der Waals surface area contributed by atoms with Gasteiger partial charge in [-0.15, -0.1) is 0 Å². The first kappa shape index (κ1) is 21.3. The second-order valence-electron chi connectivity index (χ2n) is 7.96. The van der Waals surface area contributed by atoms with Gasteiger partial charge >= 0.3 is 0 Å². The molecule has 1 aromatic carbocycles. The number of carbonyl (C=O) groups excluding carboxylic acids is 3. The van der Waals surface area contributed by atoms with E-state index in [0.29, 0.717) is 19.5 Å². The topological polar surface area (TPSA) is 125 Å². The number of likely N-dealkylation sites (N-methyl/N-ethyl adjacent to an activating group) is 1. The van der Waals surface area contributed by atoms with E-state index in [4.69, 9.17) is 0 Å². The molecule has 3 amide bonds. The van der Waals surface area contributed by atoms with Gasteiger partial charge in [-0.3, -0.25) is 19.1 Å². The maximum atomic E-state index is 13.0. The van der Waals surface area contributed by atoms with Crippen LogP contribution >= 0.6 is 0 Å². The van der Waals surface area contributed by atoms with Crippen LogP contribution in [0, 0.1) is 0 Å². The molecular formula is C22H25N7O3.